The van der Waals surface area contributed by atoms with Crippen molar-refractivity contribution in [3.63, 3.8) is 0 Å². The number of hydrogen-bond donors (Lipinski definition) is 0. The van der Waals surface area contributed by atoms with Gasteiger partial charge in [0, 0.05) is 38.1 Å². The third-order valence-electron chi connectivity index (χ3n) is 4.98. The van der Waals surface area contributed by atoms with E-state index in [-0.39, 0.29) is 18.1 Å². The third kappa shape index (κ3) is 4.36. The van der Waals surface area contributed by atoms with Gasteiger partial charge in [0.25, 0.3) is 5.91 Å². The predicted octanol–water partition coefficient (Wildman–Crippen LogP) is 2.63. The van der Waals surface area contributed by atoms with Crippen molar-refractivity contribution < 1.29 is 14.3 Å². The topological polar surface area (TPSA) is 43.7 Å². The Balaban J connectivity index is 1.41. The average molecular weight is 320 g/mol. The largest absolute Gasteiger partial charge is 0.376 e. The summed E-state index contributed by atoms with van der Waals surface area (Å²) in [5.74, 6) is 0.117. The van der Waals surface area contributed by atoms with Gasteiger partial charge in [-0.15, -0.1) is 0 Å². The molecule has 0 bridgehead atoms. The maximum Gasteiger partial charge on any atom is 0.251 e. The molecule has 0 aliphatic carbocycles. The molecule has 2 saturated heterocycles. The second-order valence-corrected chi connectivity index (χ2v) is 6.65. The fourth-order valence-corrected chi connectivity index (χ4v) is 3.49. The fraction of sp³-hybridized carbons (Fsp3) is 0.722. The van der Waals surface area contributed by atoms with Crippen LogP contribution >= 0.6 is 0 Å². The van der Waals surface area contributed by atoms with Gasteiger partial charge in [0.2, 0.25) is 0 Å². The molecule has 23 heavy (non-hydrogen) atoms. The quantitative estimate of drug-likeness (QED) is 0.838. The maximum absolute atomic E-state index is 12.5. The molecule has 0 aromatic carbocycles. The molecule has 1 aromatic heterocycles. The normalized spacial score (nSPS) is 24.6. The first-order valence-electron chi connectivity index (χ1n) is 8.88. The highest BCUT2D eigenvalue weighted by Gasteiger charge is 2.27. The summed E-state index contributed by atoms with van der Waals surface area (Å²) in [6.07, 6.45) is 9.42. The minimum atomic E-state index is -0.372. The standard InChI is InChI=1S/C18H28N2O3/c1-15(23-14-17-6-2-5-13-22-17)18(21)20-11-7-16(8-12-20)19-9-3-4-10-19/h3-4,9-10,15-17H,2,5-8,11-14H2,1H3/t15-,17-/m0/s1. The zero-order valence-corrected chi connectivity index (χ0v) is 14.0. The van der Waals surface area contributed by atoms with E-state index in [1.165, 1.54) is 6.42 Å². The number of likely N-dealkylation sites (tertiary alicyclic amines) is 1. The number of carbonyl (C=O) groups is 1. The summed E-state index contributed by atoms with van der Waals surface area (Å²) in [4.78, 5) is 14.5. The lowest BCUT2D eigenvalue weighted by Crippen LogP contribution is -2.44. The highest BCUT2D eigenvalue weighted by atomic mass is 16.5. The van der Waals surface area contributed by atoms with Crippen LogP contribution in [0.1, 0.15) is 45.1 Å². The summed E-state index contributed by atoms with van der Waals surface area (Å²) in [6, 6.07) is 4.63. The highest BCUT2D eigenvalue weighted by Crippen LogP contribution is 2.23. The van der Waals surface area contributed by atoms with Crippen LogP contribution in [0.4, 0.5) is 0 Å². The number of carbonyl (C=O) groups excluding carboxylic acids is 1. The van der Waals surface area contributed by atoms with Crippen molar-refractivity contribution in [1.29, 1.82) is 0 Å². The Hall–Kier alpha value is -1.33. The van der Waals surface area contributed by atoms with Crippen molar-refractivity contribution in [1.82, 2.24) is 9.47 Å². The Kier molecular flexibility index (Phi) is 5.73. The molecule has 2 atom stereocenters. The smallest absolute Gasteiger partial charge is 0.251 e. The van der Waals surface area contributed by atoms with Crippen molar-refractivity contribution in [3.05, 3.63) is 24.5 Å². The molecular formula is C18H28N2O3. The van der Waals surface area contributed by atoms with Crippen molar-refractivity contribution in [2.24, 2.45) is 0 Å². The van der Waals surface area contributed by atoms with Crippen molar-refractivity contribution in [2.45, 2.75) is 57.3 Å². The lowest BCUT2D eigenvalue weighted by molar-refractivity contribution is -0.147. The summed E-state index contributed by atoms with van der Waals surface area (Å²) in [5, 5.41) is 0. The maximum atomic E-state index is 12.5. The van der Waals surface area contributed by atoms with Gasteiger partial charge in [0.1, 0.15) is 6.10 Å². The van der Waals surface area contributed by atoms with E-state index in [1.54, 1.807) is 0 Å². The Morgan fingerprint density at radius 3 is 2.61 bits per heavy atom. The van der Waals surface area contributed by atoms with Crippen molar-refractivity contribution in [3.8, 4) is 0 Å². The molecule has 0 spiro atoms. The van der Waals surface area contributed by atoms with Crippen LogP contribution in [0.5, 0.6) is 0 Å². The van der Waals surface area contributed by atoms with E-state index in [2.05, 4.69) is 29.1 Å². The summed E-state index contributed by atoms with van der Waals surface area (Å²) in [7, 11) is 0. The number of aromatic nitrogens is 1. The first-order chi connectivity index (χ1) is 11.2. The first kappa shape index (κ1) is 16.5. The Morgan fingerprint density at radius 1 is 1.22 bits per heavy atom. The van der Waals surface area contributed by atoms with Gasteiger partial charge >= 0.3 is 0 Å². The summed E-state index contributed by atoms with van der Waals surface area (Å²) in [6.45, 7) is 4.85. The van der Waals surface area contributed by atoms with Gasteiger partial charge in [-0.1, -0.05) is 0 Å². The number of nitrogens with zero attached hydrogens (tertiary/aromatic N) is 2. The van der Waals surface area contributed by atoms with Crippen LogP contribution < -0.4 is 0 Å². The van der Waals surface area contributed by atoms with Gasteiger partial charge in [-0.25, -0.2) is 0 Å². The minimum Gasteiger partial charge on any atom is -0.376 e. The van der Waals surface area contributed by atoms with Gasteiger partial charge in [0.15, 0.2) is 0 Å². The number of hydrogen-bond acceptors (Lipinski definition) is 3. The summed E-state index contributed by atoms with van der Waals surface area (Å²) >= 11 is 0. The molecule has 3 rings (SSSR count). The minimum absolute atomic E-state index is 0.117. The zero-order valence-electron chi connectivity index (χ0n) is 14.0. The Labute approximate surface area is 138 Å². The van der Waals surface area contributed by atoms with Crippen LogP contribution in [-0.2, 0) is 14.3 Å². The molecule has 1 amide bonds. The van der Waals surface area contributed by atoms with Crippen molar-refractivity contribution >= 4 is 5.91 Å². The van der Waals surface area contributed by atoms with Gasteiger partial charge in [-0.3, -0.25) is 4.79 Å². The van der Waals surface area contributed by atoms with E-state index in [0.717, 1.165) is 45.4 Å². The molecule has 0 unspecified atom stereocenters. The number of amides is 1. The molecular weight excluding hydrogens is 292 g/mol. The monoisotopic (exact) mass is 320 g/mol. The van der Waals surface area contributed by atoms with Gasteiger partial charge in [0.05, 0.1) is 12.7 Å². The van der Waals surface area contributed by atoms with Crippen LogP contribution in [0.3, 0.4) is 0 Å². The van der Waals surface area contributed by atoms with Gasteiger partial charge in [-0.05, 0) is 51.2 Å². The average Bonchev–Trinajstić information content (AvgIpc) is 3.15. The molecule has 5 heteroatoms. The molecule has 2 fully saturated rings. The van der Waals surface area contributed by atoms with Crippen LogP contribution in [-0.4, -0.2) is 53.9 Å². The van der Waals surface area contributed by atoms with E-state index < -0.39 is 0 Å². The highest BCUT2D eigenvalue weighted by molar-refractivity contribution is 5.80. The molecule has 5 nitrogen and oxygen atoms in total. The van der Waals surface area contributed by atoms with Crippen molar-refractivity contribution in [2.75, 3.05) is 26.3 Å². The Bertz CT molecular complexity index is 474. The van der Waals surface area contributed by atoms with Crippen LogP contribution in [0.15, 0.2) is 24.5 Å². The van der Waals surface area contributed by atoms with E-state index in [9.17, 15) is 4.79 Å². The summed E-state index contributed by atoms with van der Waals surface area (Å²) in [5.41, 5.74) is 0. The first-order valence-corrected chi connectivity index (χ1v) is 8.88. The van der Waals surface area contributed by atoms with E-state index in [0.29, 0.717) is 12.6 Å². The SMILES string of the molecule is C[C@H](OC[C@@H]1CCCCO1)C(=O)N1CCC(n2cccc2)CC1. The lowest BCUT2D eigenvalue weighted by Gasteiger charge is -2.34. The van der Waals surface area contributed by atoms with Crippen LogP contribution in [0.25, 0.3) is 0 Å². The third-order valence-corrected chi connectivity index (χ3v) is 4.98. The number of ether oxygens (including phenoxy) is 2. The number of rotatable bonds is 5. The van der Waals surface area contributed by atoms with Crippen LogP contribution in [0.2, 0.25) is 0 Å². The molecule has 2 aliphatic heterocycles. The molecule has 128 valence electrons. The second kappa shape index (κ2) is 7.97. The second-order valence-electron chi connectivity index (χ2n) is 6.65. The molecule has 0 radical (unpaired) electrons. The lowest BCUT2D eigenvalue weighted by atomic mass is 10.0. The van der Waals surface area contributed by atoms with Gasteiger partial charge < -0.3 is 18.9 Å². The Morgan fingerprint density at radius 2 is 1.96 bits per heavy atom. The summed E-state index contributed by atoms with van der Waals surface area (Å²) < 4.78 is 13.7. The molecule has 0 saturated carbocycles. The molecule has 3 heterocycles. The van der Waals surface area contributed by atoms with Gasteiger partial charge in [-0.2, -0.15) is 0 Å². The van der Waals surface area contributed by atoms with E-state index in [4.69, 9.17) is 9.47 Å². The number of piperidine rings is 1. The van der Waals surface area contributed by atoms with Crippen LogP contribution in [0, 0.1) is 0 Å². The predicted molar refractivity (Wildman–Crippen MR) is 88.3 cm³/mol. The molecule has 1 aromatic rings. The zero-order chi connectivity index (χ0) is 16.1. The fourth-order valence-electron chi connectivity index (χ4n) is 3.49. The van der Waals surface area contributed by atoms with E-state index in [1.807, 2.05) is 11.8 Å². The molecule has 2 aliphatic rings. The van der Waals surface area contributed by atoms with E-state index >= 15 is 0 Å². The molecule has 0 N–H and O–H groups in total.